The van der Waals surface area contributed by atoms with Gasteiger partial charge in [0.15, 0.2) is 0 Å². The molecule has 7 heteroatoms. The Hall–Kier alpha value is -0.780. The van der Waals surface area contributed by atoms with Gasteiger partial charge in [0.05, 0.1) is 12.3 Å². The summed E-state index contributed by atoms with van der Waals surface area (Å²) in [6.07, 6.45) is -5.22. The summed E-state index contributed by atoms with van der Waals surface area (Å²) >= 11 is 5.63. The van der Waals surface area contributed by atoms with Gasteiger partial charge in [-0.1, -0.05) is 0 Å². The van der Waals surface area contributed by atoms with Crippen molar-refractivity contribution in [3.63, 3.8) is 0 Å². The molecule has 0 N–H and O–H groups in total. The number of nitrogens with zero attached hydrogens (tertiary/aromatic N) is 3. The first-order valence-electron chi connectivity index (χ1n) is 4.90. The summed E-state index contributed by atoms with van der Waals surface area (Å²) in [4.78, 5) is 0. The van der Waals surface area contributed by atoms with Gasteiger partial charge in [-0.05, 0) is 13.8 Å². The quantitative estimate of drug-likeness (QED) is 0.774. The molecular weight excluding hydrogens is 243 g/mol. The largest absolute Gasteiger partial charge is 0.389 e. The van der Waals surface area contributed by atoms with E-state index in [9.17, 15) is 13.2 Å². The fourth-order valence-corrected chi connectivity index (χ4v) is 1.65. The third-order valence-electron chi connectivity index (χ3n) is 2.11. The van der Waals surface area contributed by atoms with Gasteiger partial charge in [0.25, 0.3) is 0 Å². The molecule has 1 heterocycles. The molecule has 3 nitrogen and oxygen atoms in total. The van der Waals surface area contributed by atoms with Gasteiger partial charge in [0, 0.05) is 12.5 Å². The van der Waals surface area contributed by atoms with E-state index in [4.69, 9.17) is 11.6 Å². The minimum atomic E-state index is -4.17. The molecule has 0 aliphatic rings. The van der Waals surface area contributed by atoms with Gasteiger partial charge in [-0.15, -0.1) is 21.8 Å². The highest BCUT2D eigenvalue weighted by Gasteiger charge is 2.28. The van der Waals surface area contributed by atoms with Gasteiger partial charge in [0.2, 0.25) is 0 Å². The molecule has 0 fully saturated rings. The van der Waals surface area contributed by atoms with Crippen LogP contribution < -0.4 is 0 Å². The van der Waals surface area contributed by atoms with Crippen LogP contribution in [-0.4, -0.2) is 20.9 Å². The SMILES string of the molecule is CC(C)n1c(CCl)nnc1CCC(F)(F)F. The summed E-state index contributed by atoms with van der Waals surface area (Å²) in [6.45, 7) is 3.72. The molecule has 0 aromatic carbocycles. The molecule has 0 spiro atoms. The second kappa shape index (κ2) is 5.03. The van der Waals surface area contributed by atoms with Crippen LogP contribution in [-0.2, 0) is 12.3 Å². The molecule has 92 valence electrons. The first-order valence-corrected chi connectivity index (χ1v) is 5.44. The fourth-order valence-electron chi connectivity index (χ4n) is 1.47. The van der Waals surface area contributed by atoms with Crippen molar-refractivity contribution in [3.05, 3.63) is 11.6 Å². The van der Waals surface area contributed by atoms with Crippen LogP contribution in [0.3, 0.4) is 0 Å². The average molecular weight is 256 g/mol. The van der Waals surface area contributed by atoms with Crippen LogP contribution in [0.15, 0.2) is 0 Å². The molecule has 1 rings (SSSR count). The molecule has 0 aliphatic carbocycles. The third kappa shape index (κ3) is 3.37. The van der Waals surface area contributed by atoms with Crippen molar-refractivity contribution >= 4 is 11.6 Å². The van der Waals surface area contributed by atoms with Crippen molar-refractivity contribution in [2.75, 3.05) is 0 Å². The van der Waals surface area contributed by atoms with Crippen molar-refractivity contribution in [3.8, 4) is 0 Å². The molecule has 0 atom stereocenters. The molecule has 0 radical (unpaired) electrons. The Morgan fingerprint density at radius 1 is 1.25 bits per heavy atom. The predicted octanol–water partition coefficient (Wildman–Crippen LogP) is 3.09. The van der Waals surface area contributed by atoms with Crippen LogP contribution in [0, 0.1) is 0 Å². The van der Waals surface area contributed by atoms with E-state index in [1.807, 2.05) is 13.8 Å². The van der Waals surface area contributed by atoms with E-state index >= 15 is 0 Å². The van der Waals surface area contributed by atoms with E-state index in [1.54, 1.807) is 4.57 Å². The van der Waals surface area contributed by atoms with E-state index < -0.39 is 12.6 Å². The summed E-state index contributed by atoms with van der Waals surface area (Å²) in [5.74, 6) is 0.994. The zero-order valence-corrected chi connectivity index (χ0v) is 9.81. The number of aryl methyl sites for hydroxylation is 1. The van der Waals surface area contributed by atoms with Crippen molar-refractivity contribution in [2.24, 2.45) is 0 Å². The van der Waals surface area contributed by atoms with E-state index in [-0.39, 0.29) is 18.3 Å². The van der Waals surface area contributed by atoms with Crippen LogP contribution in [0.4, 0.5) is 13.2 Å². The average Bonchev–Trinajstić information content (AvgIpc) is 2.56. The fraction of sp³-hybridized carbons (Fsp3) is 0.778. The number of hydrogen-bond donors (Lipinski definition) is 0. The van der Waals surface area contributed by atoms with E-state index in [2.05, 4.69) is 10.2 Å². The van der Waals surface area contributed by atoms with Crippen molar-refractivity contribution < 1.29 is 13.2 Å². The van der Waals surface area contributed by atoms with Crippen LogP contribution in [0.25, 0.3) is 0 Å². The van der Waals surface area contributed by atoms with Crippen LogP contribution >= 0.6 is 11.6 Å². The molecule has 0 saturated heterocycles. The molecule has 0 saturated carbocycles. The summed E-state index contributed by atoms with van der Waals surface area (Å²) in [7, 11) is 0. The third-order valence-corrected chi connectivity index (χ3v) is 2.34. The lowest BCUT2D eigenvalue weighted by molar-refractivity contribution is -0.134. The van der Waals surface area contributed by atoms with Gasteiger partial charge in [-0.2, -0.15) is 13.2 Å². The molecule has 1 aromatic rings. The van der Waals surface area contributed by atoms with E-state index in [0.29, 0.717) is 11.6 Å². The van der Waals surface area contributed by atoms with Crippen LogP contribution in [0.1, 0.15) is 38.0 Å². The van der Waals surface area contributed by atoms with E-state index in [0.717, 1.165) is 0 Å². The maximum absolute atomic E-state index is 12.1. The van der Waals surface area contributed by atoms with Crippen molar-refractivity contribution in [2.45, 2.75) is 44.8 Å². The van der Waals surface area contributed by atoms with E-state index in [1.165, 1.54) is 0 Å². The number of aromatic nitrogens is 3. The van der Waals surface area contributed by atoms with Gasteiger partial charge in [0.1, 0.15) is 11.6 Å². The standard InChI is InChI=1S/C9H13ClF3N3/c1-6(2)16-7(3-4-9(11,12)13)14-15-8(16)5-10/h6H,3-5H2,1-2H3. The Morgan fingerprint density at radius 2 is 1.81 bits per heavy atom. The normalized spacial score (nSPS) is 12.4. The highest BCUT2D eigenvalue weighted by Crippen LogP contribution is 2.23. The maximum atomic E-state index is 12.1. The lowest BCUT2D eigenvalue weighted by atomic mass is 10.2. The zero-order valence-electron chi connectivity index (χ0n) is 9.05. The minimum Gasteiger partial charge on any atom is -0.311 e. The lowest BCUT2D eigenvalue weighted by Crippen LogP contribution is -2.14. The summed E-state index contributed by atoms with van der Waals surface area (Å²) < 4.78 is 37.9. The Bertz CT molecular complexity index is 346. The maximum Gasteiger partial charge on any atom is 0.389 e. The Balaban J connectivity index is 2.84. The number of rotatable bonds is 4. The smallest absolute Gasteiger partial charge is 0.311 e. The highest BCUT2D eigenvalue weighted by atomic mass is 35.5. The molecule has 0 aliphatic heterocycles. The topological polar surface area (TPSA) is 30.7 Å². The molecule has 0 amide bonds. The second-order valence-electron chi connectivity index (χ2n) is 3.75. The molecule has 16 heavy (non-hydrogen) atoms. The summed E-state index contributed by atoms with van der Waals surface area (Å²) in [6, 6.07) is 0.00647. The first kappa shape index (κ1) is 13.3. The first-order chi connectivity index (χ1) is 7.35. The monoisotopic (exact) mass is 255 g/mol. The second-order valence-corrected chi connectivity index (χ2v) is 4.01. The van der Waals surface area contributed by atoms with Gasteiger partial charge >= 0.3 is 6.18 Å². The number of alkyl halides is 4. The Labute approximate surface area is 96.6 Å². The number of hydrogen-bond acceptors (Lipinski definition) is 2. The molecule has 0 unspecified atom stereocenters. The lowest BCUT2D eigenvalue weighted by Gasteiger charge is -2.13. The molecular formula is C9H13ClF3N3. The van der Waals surface area contributed by atoms with Crippen molar-refractivity contribution in [1.82, 2.24) is 14.8 Å². The Kier molecular flexibility index (Phi) is 4.18. The number of halogens is 4. The highest BCUT2D eigenvalue weighted by molar-refractivity contribution is 6.16. The minimum absolute atomic E-state index is 0.00647. The van der Waals surface area contributed by atoms with Crippen LogP contribution in [0.2, 0.25) is 0 Å². The van der Waals surface area contributed by atoms with Gasteiger partial charge in [-0.3, -0.25) is 0 Å². The summed E-state index contributed by atoms with van der Waals surface area (Å²) in [5.41, 5.74) is 0. The van der Waals surface area contributed by atoms with Gasteiger partial charge in [-0.25, -0.2) is 0 Å². The summed E-state index contributed by atoms with van der Waals surface area (Å²) in [5, 5.41) is 7.51. The molecule has 1 aromatic heterocycles. The predicted molar refractivity (Wildman–Crippen MR) is 54.3 cm³/mol. The van der Waals surface area contributed by atoms with Crippen molar-refractivity contribution in [1.29, 1.82) is 0 Å². The van der Waals surface area contributed by atoms with Crippen LogP contribution in [0.5, 0.6) is 0 Å². The zero-order chi connectivity index (χ0) is 12.3. The molecule has 0 bridgehead atoms. The van der Waals surface area contributed by atoms with Gasteiger partial charge < -0.3 is 4.57 Å². The Morgan fingerprint density at radius 3 is 2.25 bits per heavy atom.